The molecule has 0 radical (unpaired) electrons. The summed E-state index contributed by atoms with van der Waals surface area (Å²) < 4.78 is 27.6. The van der Waals surface area contributed by atoms with E-state index in [4.69, 9.17) is 23.2 Å². The third-order valence-electron chi connectivity index (χ3n) is 6.22. The summed E-state index contributed by atoms with van der Waals surface area (Å²) in [6, 6.07) is 20.3. The predicted octanol–water partition coefficient (Wildman–Crippen LogP) is 6.08. The van der Waals surface area contributed by atoms with E-state index in [1.165, 1.54) is 23.1 Å². The van der Waals surface area contributed by atoms with Gasteiger partial charge in [0.2, 0.25) is 21.8 Å². The summed E-state index contributed by atoms with van der Waals surface area (Å²) in [5.74, 6) is -0.870. The maximum absolute atomic E-state index is 14.1. The highest BCUT2D eigenvalue weighted by molar-refractivity contribution is 9.10. The summed E-state index contributed by atoms with van der Waals surface area (Å²) in [4.78, 5) is 29.1. The van der Waals surface area contributed by atoms with Crippen molar-refractivity contribution in [1.82, 2.24) is 10.2 Å². The van der Waals surface area contributed by atoms with Gasteiger partial charge in [0.25, 0.3) is 0 Å². The first-order chi connectivity index (χ1) is 19.0. The van der Waals surface area contributed by atoms with Gasteiger partial charge >= 0.3 is 0 Å². The van der Waals surface area contributed by atoms with Crippen LogP contribution in [0.3, 0.4) is 0 Å². The first kappa shape index (κ1) is 31.9. The number of unbranched alkanes of at least 4 members (excludes halogenated alkanes) is 1. The van der Waals surface area contributed by atoms with E-state index in [1.807, 2.05) is 61.5 Å². The Kier molecular flexibility index (Phi) is 11.9. The Morgan fingerprint density at radius 2 is 1.65 bits per heavy atom. The quantitative estimate of drug-likeness (QED) is 0.224. The molecular formula is C29H32BrCl2N3O4S. The molecule has 3 rings (SSSR count). The number of rotatable bonds is 13. The molecule has 1 atom stereocenters. The monoisotopic (exact) mass is 667 g/mol. The Bertz CT molecular complexity index is 1410. The van der Waals surface area contributed by atoms with Gasteiger partial charge in [-0.15, -0.1) is 0 Å². The molecule has 0 saturated carbocycles. The van der Waals surface area contributed by atoms with Crippen molar-refractivity contribution >= 4 is 66.7 Å². The minimum atomic E-state index is -3.95. The topological polar surface area (TPSA) is 86.8 Å². The lowest BCUT2D eigenvalue weighted by molar-refractivity contribution is -0.140. The number of amides is 2. The molecule has 0 heterocycles. The molecule has 0 spiro atoms. The molecular weight excluding hydrogens is 637 g/mol. The summed E-state index contributed by atoms with van der Waals surface area (Å²) in [7, 11) is -3.95. The lowest BCUT2D eigenvalue weighted by Gasteiger charge is -2.33. The molecule has 40 heavy (non-hydrogen) atoms. The molecule has 3 aromatic carbocycles. The maximum Gasteiger partial charge on any atom is 0.244 e. The first-order valence-electron chi connectivity index (χ1n) is 12.8. The molecule has 214 valence electrons. The van der Waals surface area contributed by atoms with Crippen LogP contribution in [-0.2, 0) is 32.6 Å². The zero-order valence-corrected chi connectivity index (χ0v) is 26.2. The zero-order valence-electron chi connectivity index (χ0n) is 22.3. The fourth-order valence-corrected chi connectivity index (χ4v) is 5.67. The SMILES string of the molecule is CCCCNC(=O)[C@@H](Cc1ccccc1)N(Cc1ccc(Br)cc1)C(=O)CN(c1cc(Cl)ccc1Cl)S(C)(=O)=O. The molecule has 2 amide bonds. The smallest absolute Gasteiger partial charge is 0.244 e. The zero-order chi connectivity index (χ0) is 29.3. The molecule has 3 aromatic rings. The minimum absolute atomic E-state index is 0.0839. The van der Waals surface area contributed by atoms with Gasteiger partial charge in [0, 0.05) is 29.0 Å². The number of halogens is 3. The van der Waals surface area contributed by atoms with Crippen molar-refractivity contribution in [2.24, 2.45) is 0 Å². The average molecular weight is 669 g/mol. The molecule has 0 saturated heterocycles. The largest absolute Gasteiger partial charge is 0.354 e. The van der Waals surface area contributed by atoms with E-state index >= 15 is 0 Å². The van der Waals surface area contributed by atoms with Gasteiger partial charge < -0.3 is 10.2 Å². The number of sulfonamides is 1. The van der Waals surface area contributed by atoms with Crippen molar-refractivity contribution in [3.8, 4) is 0 Å². The van der Waals surface area contributed by atoms with E-state index in [9.17, 15) is 18.0 Å². The van der Waals surface area contributed by atoms with Gasteiger partial charge in [-0.1, -0.05) is 94.9 Å². The summed E-state index contributed by atoms with van der Waals surface area (Å²) >= 11 is 15.9. The van der Waals surface area contributed by atoms with E-state index < -0.39 is 28.5 Å². The number of benzene rings is 3. The second kappa shape index (κ2) is 14.9. The molecule has 11 heteroatoms. The number of anilines is 1. The van der Waals surface area contributed by atoms with E-state index in [0.29, 0.717) is 6.54 Å². The summed E-state index contributed by atoms with van der Waals surface area (Å²) in [6.45, 7) is 2.01. The van der Waals surface area contributed by atoms with Crippen molar-refractivity contribution in [1.29, 1.82) is 0 Å². The third-order valence-corrected chi connectivity index (χ3v) is 8.43. The number of nitrogens with zero attached hydrogens (tertiary/aromatic N) is 2. The maximum atomic E-state index is 14.1. The Morgan fingerprint density at radius 1 is 0.975 bits per heavy atom. The van der Waals surface area contributed by atoms with E-state index in [-0.39, 0.29) is 34.6 Å². The summed E-state index contributed by atoms with van der Waals surface area (Å²) in [6.07, 6.45) is 2.93. The van der Waals surface area contributed by atoms with Crippen molar-refractivity contribution < 1.29 is 18.0 Å². The van der Waals surface area contributed by atoms with Crippen LogP contribution < -0.4 is 9.62 Å². The highest BCUT2D eigenvalue weighted by atomic mass is 79.9. The van der Waals surface area contributed by atoms with Crippen LogP contribution in [0.2, 0.25) is 10.0 Å². The normalized spacial score (nSPS) is 12.0. The number of nitrogens with one attached hydrogen (secondary N) is 1. The summed E-state index contributed by atoms with van der Waals surface area (Å²) in [5.41, 5.74) is 1.73. The molecule has 0 unspecified atom stereocenters. The molecule has 1 N–H and O–H groups in total. The van der Waals surface area contributed by atoms with Gasteiger partial charge in [-0.05, 0) is 47.9 Å². The van der Waals surface area contributed by atoms with Gasteiger partial charge in [-0.2, -0.15) is 0 Å². The molecule has 0 aliphatic heterocycles. The molecule has 0 bridgehead atoms. The van der Waals surface area contributed by atoms with Gasteiger partial charge in [-0.3, -0.25) is 13.9 Å². The van der Waals surface area contributed by atoms with Crippen LogP contribution in [0.1, 0.15) is 30.9 Å². The van der Waals surface area contributed by atoms with Crippen LogP contribution in [0, 0.1) is 0 Å². The van der Waals surface area contributed by atoms with Gasteiger partial charge in [0.15, 0.2) is 0 Å². The van der Waals surface area contributed by atoms with Crippen LogP contribution in [0.15, 0.2) is 77.3 Å². The van der Waals surface area contributed by atoms with E-state index in [2.05, 4.69) is 21.2 Å². The van der Waals surface area contributed by atoms with Crippen LogP contribution >= 0.6 is 39.1 Å². The first-order valence-corrected chi connectivity index (χ1v) is 16.2. The Balaban J connectivity index is 2.05. The second-order valence-corrected chi connectivity index (χ2v) is 13.0. The van der Waals surface area contributed by atoms with Crippen LogP contribution in [0.25, 0.3) is 0 Å². The lowest BCUT2D eigenvalue weighted by Crippen LogP contribution is -2.53. The third kappa shape index (κ3) is 9.23. The fourth-order valence-electron chi connectivity index (χ4n) is 4.12. The van der Waals surface area contributed by atoms with Gasteiger partial charge in [0.05, 0.1) is 17.0 Å². The number of carbonyl (C=O) groups is 2. The van der Waals surface area contributed by atoms with Crippen LogP contribution in [0.4, 0.5) is 5.69 Å². The fraction of sp³-hybridized carbons (Fsp3) is 0.310. The average Bonchev–Trinajstić information content (AvgIpc) is 2.91. The predicted molar refractivity (Wildman–Crippen MR) is 165 cm³/mol. The van der Waals surface area contributed by atoms with Crippen LogP contribution in [0.5, 0.6) is 0 Å². The number of hydrogen-bond acceptors (Lipinski definition) is 4. The molecule has 0 aliphatic carbocycles. The van der Waals surface area contributed by atoms with Gasteiger partial charge in [-0.25, -0.2) is 8.42 Å². The molecule has 0 aromatic heterocycles. The molecule has 0 aliphatic rings. The highest BCUT2D eigenvalue weighted by Gasteiger charge is 2.33. The highest BCUT2D eigenvalue weighted by Crippen LogP contribution is 2.31. The number of carbonyl (C=O) groups excluding carboxylic acids is 2. The van der Waals surface area contributed by atoms with Crippen molar-refractivity contribution in [2.45, 2.75) is 38.8 Å². The Hall–Kier alpha value is -2.59. The van der Waals surface area contributed by atoms with E-state index in [1.54, 1.807) is 0 Å². The lowest BCUT2D eigenvalue weighted by atomic mass is 10.0. The summed E-state index contributed by atoms with van der Waals surface area (Å²) in [5, 5.41) is 3.35. The number of hydrogen-bond donors (Lipinski definition) is 1. The van der Waals surface area contributed by atoms with Crippen molar-refractivity contribution in [3.63, 3.8) is 0 Å². The molecule has 0 fully saturated rings. The standard InChI is InChI=1S/C29H32BrCl2N3O4S/c1-3-4-16-33-29(37)27(17-21-8-6-5-7-9-21)34(19-22-10-12-23(30)13-11-22)28(36)20-35(40(2,38)39)26-18-24(31)14-15-25(26)32/h5-15,18,27H,3-4,16-17,19-20H2,1-2H3,(H,33,37)/t27-/m1/s1. The van der Waals surface area contributed by atoms with Crippen LogP contribution in [-0.4, -0.2) is 50.5 Å². The van der Waals surface area contributed by atoms with E-state index in [0.717, 1.165) is 39.0 Å². The molecule has 7 nitrogen and oxygen atoms in total. The second-order valence-electron chi connectivity index (χ2n) is 9.36. The van der Waals surface area contributed by atoms with Crippen molar-refractivity contribution in [2.75, 3.05) is 23.7 Å². The Morgan fingerprint density at radius 3 is 2.27 bits per heavy atom. The minimum Gasteiger partial charge on any atom is -0.354 e. The van der Waals surface area contributed by atoms with Gasteiger partial charge in [0.1, 0.15) is 12.6 Å². The Labute approximate surface area is 254 Å². The van der Waals surface area contributed by atoms with Crippen molar-refractivity contribution in [3.05, 3.63) is 98.4 Å².